The predicted octanol–water partition coefficient (Wildman–Crippen LogP) is 4.60. The Morgan fingerprint density at radius 2 is 1.91 bits per heavy atom. The average Bonchev–Trinajstić information content (AvgIpc) is 2.60. The second-order valence-corrected chi connectivity index (χ2v) is 5.87. The van der Waals surface area contributed by atoms with Gasteiger partial charge in [0, 0.05) is 6.08 Å². The maximum absolute atomic E-state index is 12.2. The van der Waals surface area contributed by atoms with Crippen LogP contribution in [0.3, 0.4) is 0 Å². The Morgan fingerprint density at radius 1 is 1.22 bits per heavy atom. The van der Waals surface area contributed by atoms with Gasteiger partial charge in [0.05, 0.1) is 11.6 Å². The highest BCUT2D eigenvalue weighted by molar-refractivity contribution is 5.89. The van der Waals surface area contributed by atoms with Crippen LogP contribution in [-0.4, -0.2) is 12.1 Å². The van der Waals surface area contributed by atoms with Crippen molar-refractivity contribution in [1.82, 2.24) is 0 Å². The summed E-state index contributed by atoms with van der Waals surface area (Å²) in [5, 5.41) is 8.43. The largest absolute Gasteiger partial charge is 0.459 e. The van der Waals surface area contributed by atoms with Gasteiger partial charge in [0.15, 0.2) is 0 Å². The second-order valence-electron chi connectivity index (χ2n) is 5.87. The molecule has 1 fully saturated rings. The Hall–Kier alpha value is -2.34. The van der Waals surface area contributed by atoms with Gasteiger partial charge in [0.25, 0.3) is 0 Å². The first kappa shape index (κ1) is 17.0. The summed E-state index contributed by atoms with van der Waals surface area (Å²) in [6.45, 7) is 2.09. The topological polar surface area (TPSA) is 50.1 Å². The Morgan fingerprint density at radius 3 is 2.52 bits per heavy atom. The van der Waals surface area contributed by atoms with Crippen LogP contribution < -0.4 is 0 Å². The van der Waals surface area contributed by atoms with Crippen molar-refractivity contribution in [3.05, 3.63) is 59.7 Å². The van der Waals surface area contributed by atoms with E-state index in [2.05, 4.69) is 13.0 Å². The summed E-state index contributed by atoms with van der Waals surface area (Å²) in [5.41, 5.74) is 1.85. The van der Waals surface area contributed by atoms with Crippen molar-refractivity contribution >= 4 is 5.97 Å². The molecule has 0 heterocycles. The summed E-state index contributed by atoms with van der Waals surface area (Å²) in [6.07, 6.45) is 12.1. The van der Waals surface area contributed by atoms with Crippen LogP contribution in [0.15, 0.2) is 48.6 Å². The highest BCUT2D eigenvalue weighted by Gasteiger charge is 2.22. The number of benzene rings is 1. The molecule has 0 atom stereocenters. The van der Waals surface area contributed by atoms with Crippen LogP contribution in [0.4, 0.5) is 0 Å². The van der Waals surface area contributed by atoms with Gasteiger partial charge in [-0.2, -0.15) is 5.26 Å². The van der Waals surface area contributed by atoms with Gasteiger partial charge >= 0.3 is 5.97 Å². The molecule has 0 saturated heterocycles. The van der Waals surface area contributed by atoms with E-state index in [1.807, 2.05) is 36.4 Å². The molecule has 3 heteroatoms. The van der Waals surface area contributed by atoms with Gasteiger partial charge in [-0.05, 0) is 55.7 Å². The second kappa shape index (κ2) is 8.95. The highest BCUT2D eigenvalue weighted by atomic mass is 16.5. The molecular weight excluding hydrogens is 286 g/mol. The third kappa shape index (κ3) is 5.41. The summed E-state index contributed by atoms with van der Waals surface area (Å²) in [4.78, 5) is 12.2. The first-order valence-electron chi connectivity index (χ1n) is 8.25. The third-order valence-corrected chi connectivity index (χ3v) is 4.26. The van der Waals surface area contributed by atoms with Crippen molar-refractivity contribution in [2.24, 2.45) is 5.92 Å². The maximum atomic E-state index is 12.2. The van der Waals surface area contributed by atoms with Crippen molar-refractivity contribution in [2.45, 2.75) is 45.1 Å². The lowest BCUT2D eigenvalue weighted by molar-refractivity contribution is 0.0185. The standard InChI is InChI=1S/C20H23NO2/c1-2-16-7-11-18(12-8-16)20(22)23-19-13-9-17(10-14-19)6-4-3-5-15-21/h3-8,11-12,17,19H,2,9-10,13-14H2,1H3/b5-3+,6-4+/t17-,19-. The van der Waals surface area contributed by atoms with E-state index in [-0.39, 0.29) is 12.1 Å². The molecule has 0 unspecified atom stereocenters. The molecule has 0 aliphatic heterocycles. The minimum Gasteiger partial charge on any atom is -0.459 e. The predicted molar refractivity (Wildman–Crippen MR) is 90.9 cm³/mol. The van der Waals surface area contributed by atoms with E-state index >= 15 is 0 Å². The van der Waals surface area contributed by atoms with Crippen LogP contribution >= 0.6 is 0 Å². The molecule has 0 N–H and O–H groups in total. The highest BCUT2D eigenvalue weighted by Crippen LogP contribution is 2.27. The van der Waals surface area contributed by atoms with Crippen molar-refractivity contribution < 1.29 is 9.53 Å². The van der Waals surface area contributed by atoms with Gasteiger partial charge in [-0.3, -0.25) is 0 Å². The van der Waals surface area contributed by atoms with Gasteiger partial charge in [0.2, 0.25) is 0 Å². The number of allylic oxidation sites excluding steroid dienone is 4. The Kier molecular flexibility index (Phi) is 6.62. The average molecular weight is 309 g/mol. The zero-order chi connectivity index (χ0) is 16.5. The van der Waals surface area contributed by atoms with Crippen LogP contribution in [0.1, 0.15) is 48.5 Å². The first-order chi connectivity index (χ1) is 11.2. The number of carbonyl (C=O) groups is 1. The summed E-state index contributed by atoms with van der Waals surface area (Å²) in [7, 11) is 0. The lowest BCUT2D eigenvalue weighted by atomic mass is 9.87. The molecular formula is C20H23NO2. The van der Waals surface area contributed by atoms with Gasteiger partial charge in [0.1, 0.15) is 6.10 Å². The molecule has 1 aliphatic carbocycles. The van der Waals surface area contributed by atoms with Gasteiger partial charge in [-0.1, -0.05) is 37.3 Å². The number of hydrogen-bond donors (Lipinski definition) is 0. The van der Waals surface area contributed by atoms with E-state index in [0.29, 0.717) is 11.5 Å². The smallest absolute Gasteiger partial charge is 0.338 e. The van der Waals surface area contributed by atoms with Gasteiger partial charge in [-0.15, -0.1) is 0 Å². The number of carbonyl (C=O) groups excluding carboxylic acids is 1. The summed E-state index contributed by atoms with van der Waals surface area (Å²) < 4.78 is 5.62. The molecule has 1 aromatic carbocycles. The van der Waals surface area contributed by atoms with E-state index in [0.717, 1.165) is 32.1 Å². The van der Waals surface area contributed by atoms with E-state index < -0.39 is 0 Å². The lowest BCUT2D eigenvalue weighted by Gasteiger charge is -2.26. The molecule has 2 rings (SSSR count). The van der Waals surface area contributed by atoms with E-state index in [9.17, 15) is 4.79 Å². The van der Waals surface area contributed by atoms with Crippen molar-refractivity contribution in [1.29, 1.82) is 5.26 Å². The molecule has 1 saturated carbocycles. The fourth-order valence-electron chi connectivity index (χ4n) is 2.81. The van der Waals surface area contributed by atoms with Crippen molar-refractivity contribution in [3.8, 4) is 6.07 Å². The number of aryl methyl sites for hydroxylation is 1. The molecule has 1 aliphatic rings. The minimum atomic E-state index is -0.219. The molecule has 0 radical (unpaired) electrons. The zero-order valence-electron chi connectivity index (χ0n) is 13.6. The van der Waals surface area contributed by atoms with Crippen molar-refractivity contribution in [3.63, 3.8) is 0 Å². The van der Waals surface area contributed by atoms with E-state index in [1.165, 1.54) is 11.6 Å². The van der Waals surface area contributed by atoms with Crippen molar-refractivity contribution in [2.75, 3.05) is 0 Å². The fourth-order valence-corrected chi connectivity index (χ4v) is 2.81. The maximum Gasteiger partial charge on any atom is 0.338 e. The Labute approximate surface area is 138 Å². The molecule has 0 amide bonds. The number of nitriles is 1. The molecule has 0 spiro atoms. The van der Waals surface area contributed by atoms with Crippen LogP contribution in [0.2, 0.25) is 0 Å². The minimum absolute atomic E-state index is 0.0210. The molecule has 23 heavy (non-hydrogen) atoms. The molecule has 0 bridgehead atoms. The Balaban J connectivity index is 1.79. The summed E-state index contributed by atoms with van der Waals surface area (Å²) in [5.74, 6) is 0.292. The number of rotatable bonds is 5. The van der Waals surface area contributed by atoms with Crippen LogP contribution in [-0.2, 0) is 11.2 Å². The normalized spacial score (nSPS) is 21.4. The van der Waals surface area contributed by atoms with Crippen LogP contribution in [0.25, 0.3) is 0 Å². The first-order valence-corrected chi connectivity index (χ1v) is 8.25. The summed E-state index contributed by atoms with van der Waals surface area (Å²) in [6, 6.07) is 9.61. The zero-order valence-corrected chi connectivity index (χ0v) is 13.6. The molecule has 3 nitrogen and oxygen atoms in total. The number of hydrogen-bond acceptors (Lipinski definition) is 3. The molecule has 120 valence electrons. The monoisotopic (exact) mass is 309 g/mol. The number of esters is 1. The SMILES string of the molecule is CCc1ccc(C(=O)O[C@H]2CC[C@H](/C=C/C=C/C#N)CC2)cc1. The third-order valence-electron chi connectivity index (χ3n) is 4.26. The van der Waals surface area contributed by atoms with E-state index in [4.69, 9.17) is 10.00 Å². The van der Waals surface area contributed by atoms with E-state index in [1.54, 1.807) is 6.08 Å². The number of ether oxygens (including phenoxy) is 1. The fraction of sp³-hybridized carbons (Fsp3) is 0.400. The molecule has 1 aromatic rings. The summed E-state index contributed by atoms with van der Waals surface area (Å²) >= 11 is 0. The lowest BCUT2D eigenvalue weighted by Crippen LogP contribution is -2.24. The Bertz CT molecular complexity index is 600. The quantitative estimate of drug-likeness (QED) is 0.454. The van der Waals surface area contributed by atoms with Gasteiger partial charge in [-0.25, -0.2) is 4.79 Å². The van der Waals surface area contributed by atoms with Crippen LogP contribution in [0, 0.1) is 17.2 Å². The van der Waals surface area contributed by atoms with Gasteiger partial charge < -0.3 is 4.74 Å². The number of nitrogens with zero attached hydrogens (tertiary/aromatic N) is 1. The molecule has 0 aromatic heterocycles. The van der Waals surface area contributed by atoms with Crippen LogP contribution in [0.5, 0.6) is 0 Å².